The van der Waals surface area contributed by atoms with Gasteiger partial charge in [-0.25, -0.2) is 0 Å². The highest BCUT2D eigenvalue weighted by Gasteiger charge is 2.39. The maximum atomic E-state index is 11.3. The molecule has 3 aliphatic heterocycles. The minimum atomic E-state index is -0.319. The van der Waals surface area contributed by atoms with E-state index in [1.807, 2.05) is 0 Å². The highest BCUT2D eigenvalue weighted by atomic mass is 16.3. The molecular formula is C116H204N14O4+8. The van der Waals surface area contributed by atoms with E-state index in [-0.39, 0.29) is 24.9 Å². The lowest BCUT2D eigenvalue weighted by Gasteiger charge is -2.43. The van der Waals surface area contributed by atoms with Crippen LogP contribution in [0, 0.1) is 0 Å². The Bertz CT molecular complexity index is 3810. The minimum absolute atomic E-state index is 0.308. The van der Waals surface area contributed by atoms with E-state index in [9.17, 15) is 20.4 Å². The molecule has 0 fully saturated rings. The third-order valence-corrected chi connectivity index (χ3v) is 31.1. The van der Waals surface area contributed by atoms with Gasteiger partial charge in [0, 0.05) is 38.8 Å². The van der Waals surface area contributed by atoms with E-state index in [0.29, 0.717) is 17.9 Å². The zero-order valence-corrected chi connectivity index (χ0v) is 89.8. The first-order valence-corrected chi connectivity index (χ1v) is 54.5. The summed E-state index contributed by atoms with van der Waals surface area (Å²) in [5.41, 5.74) is 15.4. The van der Waals surface area contributed by atoms with E-state index in [2.05, 4.69) is 315 Å². The molecule has 3 aliphatic rings. The lowest BCUT2D eigenvalue weighted by molar-refractivity contribution is -0.971. The SMILES string of the molecule is CCCCCCCCCCC(O)[N+](C)(C)CC[N+](C)(C)CCN1c2ccccc2N(CCCCN2c3ccccc3N(CC[N+](C)(C)CC[N+](C)(C)C(O)CCCCCCCCCC)c3ccccc32)c2ccccc21.CCCCCCCCCCC(O)[N+](C)(C)CC[N+](C)(C)CCN1c2ccccc2N(CC[N+](C)(C)CC[N+](C)(C)C(O)CCCCCCCCCC)c2ccccc21. The number of likely N-dealkylation sites (N-methyl/N-ethyl adjacent to an activating group) is 8. The van der Waals surface area contributed by atoms with Crippen LogP contribution in [0.1, 0.15) is 272 Å². The molecule has 754 valence electrons. The van der Waals surface area contributed by atoms with Gasteiger partial charge < -0.3 is 67.8 Å². The number of rotatable bonds is 69. The predicted octanol–water partition coefficient (Wildman–Crippen LogP) is 24.6. The fourth-order valence-electron chi connectivity index (χ4n) is 20.2. The molecule has 18 nitrogen and oxygen atoms in total. The Hall–Kier alpha value is -6.36. The summed E-state index contributed by atoms with van der Waals surface area (Å²) < 4.78 is 6.25. The molecule has 0 radical (unpaired) electrons. The van der Waals surface area contributed by atoms with Crippen molar-refractivity contribution >= 4 is 68.2 Å². The molecular weight excluding hydrogens is 1650 g/mol. The summed E-state index contributed by atoms with van der Waals surface area (Å²) in [5.74, 6) is 0. The molecule has 134 heavy (non-hydrogen) atoms. The largest absolute Gasteiger partial charge is 0.345 e. The highest BCUT2D eigenvalue weighted by Crippen LogP contribution is 2.51. The third kappa shape index (κ3) is 36.7. The summed E-state index contributed by atoms with van der Waals surface area (Å²) in [4.78, 5) is 15.4. The van der Waals surface area contributed by atoms with Gasteiger partial charge >= 0.3 is 0 Å². The molecule has 4 atom stereocenters. The zero-order chi connectivity index (χ0) is 97.3. The first-order valence-electron chi connectivity index (χ1n) is 54.5. The van der Waals surface area contributed by atoms with Crippen LogP contribution in [0.4, 0.5) is 68.2 Å². The van der Waals surface area contributed by atoms with Gasteiger partial charge in [-0.3, -0.25) is 17.9 Å². The standard InChI is InChI=1S/C66H110N8O2.C50H94N6O2/c1-11-13-15-17-19-21-23-25-45-65(75)73(7,8)55-53-71(3,4)51-49-69-61-41-31-27-37-57(61)67(58-38-28-32-42-62(58)69)47-35-36-48-68-59-39-29-33-43-63(59)70(64-44-34-30-40-60(64)68)50-52-72(5,6)54-56-74(9,10)66(76)46-26-24-22-20-18-16-14-12-2;1-11-13-15-17-19-21-23-25-35-49(57)55(7,8)43-41-53(3,4)39-37-51-45-31-27-29-33-47(45)52(48-34-30-28-32-46(48)51)38-40-54(5,6)42-44-56(9,10)50(58)36-26-24-22-20-18-16-14-12-2/h27-34,37-44,65-66,75-76H,11-26,35-36,45-56H2,1-10H3;27-34,49-50,57-58H,11-26,35-44H2,1-10H3/q2*+4. The van der Waals surface area contributed by atoms with Crippen molar-refractivity contribution in [1.82, 2.24) is 0 Å². The molecule has 4 unspecified atom stereocenters. The number of para-hydroxylation sites is 12. The maximum Gasteiger partial charge on any atom is 0.190 e. The maximum absolute atomic E-state index is 11.3. The molecule has 3 heterocycles. The molecule has 0 aromatic heterocycles. The molecule has 0 aliphatic carbocycles. The van der Waals surface area contributed by atoms with Crippen LogP contribution in [0.25, 0.3) is 0 Å². The van der Waals surface area contributed by atoms with E-state index in [1.54, 1.807) is 0 Å². The van der Waals surface area contributed by atoms with Gasteiger partial charge in [0.25, 0.3) is 0 Å². The molecule has 0 saturated heterocycles. The highest BCUT2D eigenvalue weighted by molar-refractivity contribution is 5.95. The third-order valence-electron chi connectivity index (χ3n) is 31.1. The van der Waals surface area contributed by atoms with Crippen molar-refractivity contribution in [3.63, 3.8) is 0 Å². The second kappa shape index (κ2) is 56.8. The van der Waals surface area contributed by atoms with Gasteiger partial charge in [-0.15, -0.1) is 0 Å². The summed E-state index contributed by atoms with van der Waals surface area (Å²) in [6.45, 7) is 26.6. The number of unbranched alkanes of at least 4 members (excludes halogenated alkanes) is 29. The van der Waals surface area contributed by atoms with Crippen LogP contribution < -0.4 is 29.4 Å². The van der Waals surface area contributed by atoms with E-state index in [0.717, 1.165) is 200 Å². The Morgan fingerprint density at radius 1 is 0.172 bits per heavy atom. The molecule has 6 aromatic carbocycles. The van der Waals surface area contributed by atoms with Gasteiger partial charge in [0.05, 0.1) is 233 Å². The van der Waals surface area contributed by atoms with Gasteiger partial charge in [-0.1, -0.05) is 280 Å². The van der Waals surface area contributed by atoms with Crippen molar-refractivity contribution in [1.29, 1.82) is 0 Å². The van der Waals surface area contributed by atoms with Crippen molar-refractivity contribution in [3.05, 3.63) is 146 Å². The fourth-order valence-corrected chi connectivity index (χ4v) is 20.2. The Balaban J connectivity index is 0.000000342. The Kier molecular flexibility index (Phi) is 47.8. The summed E-state index contributed by atoms with van der Waals surface area (Å²) in [6.07, 6.45) is 45.9. The second-order valence-corrected chi connectivity index (χ2v) is 46.1. The number of nitrogens with zero attached hydrogens (tertiary/aromatic N) is 14. The number of aliphatic hydroxyl groups excluding tert-OH is 4. The summed E-state index contributed by atoms with van der Waals surface area (Å²) in [6, 6.07) is 54.1. The summed E-state index contributed by atoms with van der Waals surface area (Å²) in [5, 5.41) is 45.1. The molecule has 4 N–H and O–H groups in total. The number of quaternary nitrogens is 8. The minimum Gasteiger partial charge on any atom is -0.345 e. The lowest BCUT2D eigenvalue weighted by Crippen LogP contribution is -2.56. The normalized spacial score (nSPS) is 14.7. The van der Waals surface area contributed by atoms with Crippen LogP contribution in [-0.4, -0.2) is 312 Å². The van der Waals surface area contributed by atoms with Crippen LogP contribution in [0.5, 0.6) is 0 Å². The number of aliphatic hydroxyl groups is 4. The average Bonchev–Trinajstić information content (AvgIpc) is 0.760. The quantitative estimate of drug-likeness (QED) is 0.0168. The van der Waals surface area contributed by atoms with Gasteiger partial charge in [0.2, 0.25) is 0 Å². The van der Waals surface area contributed by atoms with Crippen molar-refractivity contribution < 1.29 is 56.3 Å². The second-order valence-electron chi connectivity index (χ2n) is 46.1. The van der Waals surface area contributed by atoms with Crippen molar-refractivity contribution in [2.45, 2.75) is 297 Å². The number of anilines is 12. The molecule has 0 saturated carbocycles. The van der Waals surface area contributed by atoms with Crippen molar-refractivity contribution in [3.8, 4) is 0 Å². The fraction of sp³-hybridized carbons (Fsp3) is 0.690. The summed E-state index contributed by atoms with van der Waals surface area (Å²) in [7, 11) is 36.6. The van der Waals surface area contributed by atoms with Crippen LogP contribution in [0.15, 0.2) is 146 Å². The van der Waals surface area contributed by atoms with E-state index >= 15 is 0 Å². The van der Waals surface area contributed by atoms with Crippen molar-refractivity contribution in [2.75, 3.05) is 260 Å². The van der Waals surface area contributed by atoms with Crippen molar-refractivity contribution in [2.24, 2.45) is 0 Å². The molecule has 6 aromatic rings. The van der Waals surface area contributed by atoms with E-state index in [1.165, 1.54) is 248 Å². The number of hydrogen-bond acceptors (Lipinski definition) is 10. The average molecular weight is 1860 g/mol. The topological polar surface area (TPSA) is 100 Å². The van der Waals surface area contributed by atoms with E-state index < -0.39 is 0 Å². The van der Waals surface area contributed by atoms with Gasteiger partial charge in [-0.05, 0) is 111 Å². The van der Waals surface area contributed by atoms with Crippen LogP contribution in [0.2, 0.25) is 0 Å². The lowest BCUT2D eigenvalue weighted by atomic mass is 10.1. The monoisotopic (exact) mass is 1860 g/mol. The Morgan fingerprint density at radius 3 is 0.455 bits per heavy atom. The predicted molar refractivity (Wildman–Crippen MR) is 578 cm³/mol. The Morgan fingerprint density at radius 2 is 0.306 bits per heavy atom. The van der Waals surface area contributed by atoms with Crippen LogP contribution in [-0.2, 0) is 0 Å². The first-order chi connectivity index (χ1) is 64.0. The molecule has 0 spiro atoms. The molecule has 9 rings (SSSR count). The molecule has 0 bridgehead atoms. The summed E-state index contributed by atoms with van der Waals surface area (Å²) >= 11 is 0. The van der Waals surface area contributed by atoms with Gasteiger partial charge in [0.1, 0.15) is 52.4 Å². The smallest absolute Gasteiger partial charge is 0.190 e. The Labute approximate surface area is 821 Å². The van der Waals surface area contributed by atoms with E-state index in [4.69, 9.17) is 0 Å². The first kappa shape index (κ1) is 113. The number of fused-ring (bicyclic) bond motifs is 6. The number of benzene rings is 6. The van der Waals surface area contributed by atoms with Crippen LogP contribution >= 0.6 is 0 Å². The zero-order valence-electron chi connectivity index (χ0n) is 89.8. The van der Waals surface area contributed by atoms with Gasteiger partial charge in [-0.2, -0.15) is 0 Å². The molecule has 18 heteroatoms. The molecule has 0 amide bonds. The number of hydrogen-bond donors (Lipinski definition) is 4. The van der Waals surface area contributed by atoms with Crippen LogP contribution in [0.3, 0.4) is 0 Å². The van der Waals surface area contributed by atoms with Gasteiger partial charge in [0.15, 0.2) is 24.9 Å².